The Hall–Kier alpha value is -1.77. The van der Waals surface area contributed by atoms with Crippen LogP contribution in [0.3, 0.4) is 0 Å². The molecule has 3 aromatic rings. The number of halogens is 2. The maximum Gasteiger partial charge on any atom is 0.340 e. The molecule has 0 aliphatic rings. The molecular formula is C17H12Cl2O2. The largest absolute Gasteiger partial charge is 0.423 e. The van der Waals surface area contributed by atoms with E-state index in [1.807, 2.05) is 25.1 Å². The second-order valence-electron chi connectivity index (χ2n) is 4.87. The molecule has 0 fully saturated rings. The Morgan fingerprint density at radius 3 is 2.33 bits per heavy atom. The van der Waals surface area contributed by atoms with Crippen LogP contribution in [-0.4, -0.2) is 0 Å². The predicted molar refractivity (Wildman–Crippen MR) is 86.5 cm³/mol. The molecular weight excluding hydrogens is 307 g/mol. The molecule has 0 saturated carbocycles. The summed E-state index contributed by atoms with van der Waals surface area (Å²) in [5.74, 6) is 0. The van der Waals surface area contributed by atoms with Gasteiger partial charge in [-0.15, -0.1) is 0 Å². The molecule has 0 saturated heterocycles. The topological polar surface area (TPSA) is 30.2 Å². The van der Waals surface area contributed by atoms with Gasteiger partial charge in [0.05, 0.1) is 0 Å². The predicted octanol–water partition coefficient (Wildman–Crippen LogP) is 5.00. The summed E-state index contributed by atoms with van der Waals surface area (Å²) < 4.78 is 5.38. The van der Waals surface area contributed by atoms with Gasteiger partial charge in [-0.25, -0.2) is 4.79 Å². The van der Waals surface area contributed by atoms with Crippen LogP contribution in [0.4, 0.5) is 0 Å². The second-order valence-corrected chi connectivity index (χ2v) is 5.68. The third kappa shape index (κ3) is 2.57. The van der Waals surface area contributed by atoms with E-state index in [-0.39, 0.29) is 5.63 Å². The first-order valence-electron chi connectivity index (χ1n) is 6.52. The molecule has 0 N–H and O–H groups in total. The number of para-hydroxylation sites is 1. The Kier molecular flexibility index (Phi) is 3.75. The number of rotatable bonds is 2. The van der Waals surface area contributed by atoms with E-state index < -0.39 is 0 Å². The maximum atomic E-state index is 12.2. The number of fused-ring (bicyclic) bond motifs is 1. The number of hydrogen-bond acceptors (Lipinski definition) is 2. The van der Waals surface area contributed by atoms with Crippen LogP contribution in [0.25, 0.3) is 11.0 Å². The first kappa shape index (κ1) is 14.2. The lowest BCUT2D eigenvalue weighted by molar-refractivity contribution is 0.551. The van der Waals surface area contributed by atoms with E-state index in [9.17, 15) is 4.79 Å². The summed E-state index contributed by atoms with van der Waals surface area (Å²) in [6.45, 7) is 1.92. The summed E-state index contributed by atoms with van der Waals surface area (Å²) in [5.41, 5.74) is 2.48. The molecule has 1 aromatic heterocycles. The van der Waals surface area contributed by atoms with Crippen LogP contribution in [0.1, 0.15) is 16.7 Å². The van der Waals surface area contributed by atoms with Gasteiger partial charge in [0, 0.05) is 27.4 Å². The Morgan fingerprint density at radius 2 is 1.62 bits per heavy atom. The summed E-state index contributed by atoms with van der Waals surface area (Å²) in [6.07, 6.45) is 0.359. The third-order valence-corrected chi connectivity index (χ3v) is 4.32. The van der Waals surface area contributed by atoms with Crippen molar-refractivity contribution in [1.29, 1.82) is 0 Å². The molecule has 0 aliphatic heterocycles. The van der Waals surface area contributed by atoms with Crippen molar-refractivity contribution in [1.82, 2.24) is 0 Å². The summed E-state index contributed by atoms with van der Waals surface area (Å²) in [5, 5.41) is 2.03. The van der Waals surface area contributed by atoms with Gasteiger partial charge >= 0.3 is 5.63 Å². The molecule has 21 heavy (non-hydrogen) atoms. The van der Waals surface area contributed by atoms with E-state index in [0.29, 0.717) is 27.6 Å². The maximum absolute atomic E-state index is 12.2. The average molecular weight is 319 g/mol. The monoisotopic (exact) mass is 318 g/mol. The highest BCUT2D eigenvalue weighted by molar-refractivity contribution is 6.36. The normalized spacial score (nSPS) is 11.0. The highest BCUT2D eigenvalue weighted by atomic mass is 35.5. The van der Waals surface area contributed by atoms with Crippen LogP contribution in [0, 0.1) is 6.92 Å². The van der Waals surface area contributed by atoms with Crippen molar-refractivity contribution in [2.45, 2.75) is 13.3 Å². The molecule has 0 spiro atoms. The standard InChI is InChI=1S/C17H12Cl2O2/c1-10-11-5-2-3-8-16(11)21-17(20)12(10)9-13-14(18)6-4-7-15(13)19/h2-8H,9H2,1H3. The van der Waals surface area contributed by atoms with Gasteiger partial charge < -0.3 is 4.42 Å². The Morgan fingerprint density at radius 1 is 0.952 bits per heavy atom. The number of aryl methyl sites for hydroxylation is 1. The quantitative estimate of drug-likeness (QED) is 0.622. The lowest BCUT2D eigenvalue weighted by Gasteiger charge is -2.10. The average Bonchev–Trinajstić information content (AvgIpc) is 2.46. The molecule has 0 unspecified atom stereocenters. The molecule has 2 aromatic carbocycles. The van der Waals surface area contributed by atoms with Crippen LogP contribution >= 0.6 is 23.2 Å². The van der Waals surface area contributed by atoms with Crippen molar-refractivity contribution < 1.29 is 4.42 Å². The molecule has 0 aliphatic carbocycles. The van der Waals surface area contributed by atoms with Crippen molar-refractivity contribution in [2.75, 3.05) is 0 Å². The summed E-state index contributed by atoms with van der Waals surface area (Å²) in [7, 11) is 0. The molecule has 1 heterocycles. The van der Waals surface area contributed by atoms with Gasteiger partial charge in [0.25, 0.3) is 0 Å². The van der Waals surface area contributed by atoms with E-state index in [4.69, 9.17) is 27.6 Å². The van der Waals surface area contributed by atoms with Crippen LogP contribution in [0.15, 0.2) is 51.7 Å². The van der Waals surface area contributed by atoms with Gasteiger partial charge in [-0.2, -0.15) is 0 Å². The Balaban J connectivity index is 2.20. The molecule has 0 radical (unpaired) electrons. The Labute approximate surface area is 131 Å². The number of hydrogen-bond donors (Lipinski definition) is 0. The van der Waals surface area contributed by atoms with Gasteiger partial charge in [-0.3, -0.25) is 0 Å². The van der Waals surface area contributed by atoms with Gasteiger partial charge in [0.2, 0.25) is 0 Å². The second kappa shape index (κ2) is 5.55. The van der Waals surface area contributed by atoms with Crippen LogP contribution < -0.4 is 5.63 Å². The van der Waals surface area contributed by atoms with Gasteiger partial charge in [0.1, 0.15) is 5.58 Å². The van der Waals surface area contributed by atoms with E-state index in [0.717, 1.165) is 16.5 Å². The zero-order valence-corrected chi connectivity index (χ0v) is 12.8. The van der Waals surface area contributed by atoms with Gasteiger partial charge in [-0.1, -0.05) is 47.5 Å². The van der Waals surface area contributed by atoms with Crippen molar-refractivity contribution in [3.63, 3.8) is 0 Å². The smallest absolute Gasteiger partial charge is 0.340 e. The van der Waals surface area contributed by atoms with E-state index >= 15 is 0 Å². The summed E-state index contributed by atoms with van der Waals surface area (Å²) in [6, 6.07) is 12.8. The van der Waals surface area contributed by atoms with E-state index in [1.165, 1.54) is 0 Å². The van der Waals surface area contributed by atoms with Crippen LogP contribution in [-0.2, 0) is 6.42 Å². The molecule has 106 valence electrons. The molecule has 2 nitrogen and oxygen atoms in total. The zero-order chi connectivity index (χ0) is 15.0. The van der Waals surface area contributed by atoms with Crippen molar-refractivity contribution in [3.05, 3.63) is 79.6 Å². The highest BCUT2D eigenvalue weighted by Crippen LogP contribution is 2.28. The van der Waals surface area contributed by atoms with Gasteiger partial charge in [-0.05, 0) is 36.2 Å². The minimum absolute atomic E-state index is 0.345. The molecule has 3 rings (SSSR count). The SMILES string of the molecule is Cc1c(Cc2c(Cl)cccc2Cl)c(=O)oc2ccccc12. The third-order valence-electron chi connectivity index (χ3n) is 3.61. The first-order valence-corrected chi connectivity index (χ1v) is 7.27. The molecule has 0 atom stereocenters. The minimum atomic E-state index is -0.345. The molecule has 0 amide bonds. The highest BCUT2D eigenvalue weighted by Gasteiger charge is 2.14. The zero-order valence-electron chi connectivity index (χ0n) is 11.3. The van der Waals surface area contributed by atoms with E-state index in [1.54, 1.807) is 24.3 Å². The Bertz CT molecular complexity index is 861. The fourth-order valence-electron chi connectivity index (χ4n) is 2.43. The lowest BCUT2D eigenvalue weighted by Crippen LogP contribution is -2.11. The summed E-state index contributed by atoms with van der Waals surface area (Å²) >= 11 is 12.4. The fourth-order valence-corrected chi connectivity index (χ4v) is 2.96. The van der Waals surface area contributed by atoms with E-state index in [2.05, 4.69) is 0 Å². The van der Waals surface area contributed by atoms with Gasteiger partial charge in [0.15, 0.2) is 0 Å². The van der Waals surface area contributed by atoms with Crippen molar-refractivity contribution >= 4 is 34.2 Å². The van der Waals surface area contributed by atoms with Crippen molar-refractivity contribution in [2.24, 2.45) is 0 Å². The molecule has 0 bridgehead atoms. The summed E-state index contributed by atoms with van der Waals surface area (Å²) in [4.78, 5) is 12.2. The number of benzene rings is 2. The fraction of sp³-hybridized carbons (Fsp3) is 0.118. The first-order chi connectivity index (χ1) is 10.1. The van der Waals surface area contributed by atoms with Crippen LogP contribution in [0.2, 0.25) is 10.0 Å². The lowest BCUT2D eigenvalue weighted by atomic mass is 9.99. The van der Waals surface area contributed by atoms with Crippen LogP contribution in [0.5, 0.6) is 0 Å². The minimum Gasteiger partial charge on any atom is -0.423 e. The molecule has 4 heteroatoms. The van der Waals surface area contributed by atoms with Crippen molar-refractivity contribution in [3.8, 4) is 0 Å².